The topological polar surface area (TPSA) is 49.4 Å². The highest BCUT2D eigenvalue weighted by molar-refractivity contribution is 6.16. The highest BCUT2D eigenvalue weighted by Gasteiger charge is 2.28. The first kappa shape index (κ1) is 9.92. The molecule has 0 fully saturated rings. The van der Waals surface area contributed by atoms with Crippen LogP contribution in [0.5, 0.6) is 0 Å². The molecule has 0 aromatic carbocycles. The molecule has 4 nitrogen and oxygen atoms in total. The van der Waals surface area contributed by atoms with Gasteiger partial charge in [-0.15, -0.1) is 0 Å². The Morgan fingerprint density at radius 3 is 2.54 bits per heavy atom. The van der Waals surface area contributed by atoms with Crippen LogP contribution in [0.2, 0.25) is 0 Å². The van der Waals surface area contributed by atoms with Gasteiger partial charge in [0.25, 0.3) is 11.8 Å². The zero-order valence-corrected chi connectivity index (χ0v) is 7.96. The zero-order chi connectivity index (χ0) is 9.84. The van der Waals surface area contributed by atoms with Gasteiger partial charge in [-0.25, -0.2) is 0 Å². The van der Waals surface area contributed by atoms with E-state index in [1.807, 2.05) is 6.92 Å². The Labute approximate surface area is 77.6 Å². The summed E-state index contributed by atoms with van der Waals surface area (Å²) >= 11 is 0. The Morgan fingerprint density at radius 2 is 2.08 bits per heavy atom. The molecular weight excluding hydrogens is 168 g/mol. The minimum absolute atomic E-state index is 0.159. The van der Waals surface area contributed by atoms with E-state index in [9.17, 15) is 9.59 Å². The number of nitrogens with one attached hydrogen (secondary N) is 1. The quantitative estimate of drug-likeness (QED) is 0.618. The van der Waals surface area contributed by atoms with Gasteiger partial charge in [0.2, 0.25) is 0 Å². The number of hydrogen-bond acceptors (Lipinski definition) is 3. The van der Waals surface area contributed by atoms with Gasteiger partial charge >= 0.3 is 0 Å². The molecule has 72 valence electrons. The lowest BCUT2D eigenvalue weighted by Gasteiger charge is -2.11. The molecule has 0 aromatic heterocycles. The first-order valence-electron chi connectivity index (χ1n) is 4.47. The van der Waals surface area contributed by atoms with E-state index in [0.717, 1.165) is 6.54 Å². The standard InChI is InChI=1S/C9H14N2O2/c1-3-10-6-7-5-8(12)11(4-2)9(7)13/h5,10H,3-4,6H2,1-2H3. The molecule has 0 aromatic rings. The van der Waals surface area contributed by atoms with Crippen LogP contribution in [0, 0.1) is 0 Å². The molecule has 4 heteroatoms. The van der Waals surface area contributed by atoms with E-state index in [-0.39, 0.29) is 11.8 Å². The Kier molecular flexibility index (Phi) is 3.19. The van der Waals surface area contributed by atoms with Crippen LogP contribution in [0.3, 0.4) is 0 Å². The normalized spacial score (nSPS) is 16.8. The molecule has 0 atom stereocenters. The van der Waals surface area contributed by atoms with Crippen LogP contribution in [0.1, 0.15) is 13.8 Å². The highest BCUT2D eigenvalue weighted by atomic mass is 16.2. The molecule has 0 aliphatic carbocycles. The van der Waals surface area contributed by atoms with Gasteiger partial charge in [0.05, 0.1) is 0 Å². The van der Waals surface area contributed by atoms with E-state index in [2.05, 4.69) is 5.32 Å². The number of amides is 2. The van der Waals surface area contributed by atoms with Gasteiger partial charge in [0, 0.05) is 24.7 Å². The lowest BCUT2D eigenvalue weighted by Crippen LogP contribution is -2.32. The van der Waals surface area contributed by atoms with Crippen LogP contribution in [-0.2, 0) is 9.59 Å². The predicted molar refractivity (Wildman–Crippen MR) is 49.0 cm³/mol. The molecule has 1 rings (SSSR count). The first-order valence-corrected chi connectivity index (χ1v) is 4.47. The summed E-state index contributed by atoms with van der Waals surface area (Å²) in [4.78, 5) is 23.9. The third kappa shape index (κ3) is 1.95. The molecule has 0 spiro atoms. The number of carbonyl (C=O) groups excluding carboxylic acids is 2. The molecule has 0 unspecified atom stereocenters. The molecule has 2 amide bonds. The molecule has 0 saturated heterocycles. The van der Waals surface area contributed by atoms with Gasteiger partial charge in [0.1, 0.15) is 0 Å². The summed E-state index contributed by atoms with van der Waals surface area (Å²) in [7, 11) is 0. The van der Waals surface area contributed by atoms with Gasteiger partial charge in [-0.05, 0) is 13.5 Å². The molecule has 0 bridgehead atoms. The zero-order valence-electron chi connectivity index (χ0n) is 7.96. The van der Waals surface area contributed by atoms with E-state index in [1.165, 1.54) is 11.0 Å². The maximum Gasteiger partial charge on any atom is 0.258 e. The number of imide groups is 1. The molecule has 1 aliphatic rings. The fraction of sp³-hybridized carbons (Fsp3) is 0.556. The summed E-state index contributed by atoms with van der Waals surface area (Å²) in [5.74, 6) is -0.353. The maximum atomic E-state index is 11.4. The van der Waals surface area contributed by atoms with E-state index in [4.69, 9.17) is 0 Å². The lowest BCUT2D eigenvalue weighted by atomic mass is 10.2. The first-order chi connectivity index (χ1) is 6.20. The molecular formula is C9H14N2O2. The fourth-order valence-corrected chi connectivity index (χ4v) is 1.25. The van der Waals surface area contributed by atoms with Crippen molar-refractivity contribution in [3.8, 4) is 0 Å². The summed E-state index contributed by atoms with van der Waals surface area (Å²) in [5, 5.41) is 3.02. The van der Waals surface area contributed by atoms with Crippen molar-refractivity contribution in [3.05, 3.63) is 11.6 Å². The van der Waals surface area contributed by atoms with E-state index >= 15 is 0 Å². The molecule has 1 aliphatic heterocycles. The molecule has 1 heterocycles. The van der Waals surface area contributed by atoms with Gasteiger partial charge in [-0.3, -0.25) is 14.5 Å². The van der Waals surface area contributed by atoms with Gasteiger partial charge < -0.3 is 5.32 Å². The SMILES string of the molecule is CCNCC1=CC(=O)N(CC)C1=O. The summed E-state index contributed by atoms with van der Waals surface area (Å²) < 4.78 is 0. The Morgan fingerprint density at radius 1 is 1.38 bits per heavy atom. The second-order valence-electron chi connectivity index (χ2n) is 2.84. The molecule has 1 N–H and O–H groups in total. The van der Waals surface area contributed by atoms with Crippen molar-refractivity contribution in [1.29, 1.82) is 0 Å². The van der Waals surface area contributed by atoms with Crippen molar-refractivity contribution < 1.29 is 9.59 Å². The number of nitrogens with zero attached hydrogens (tertiary/aromatic N) is 1. The number of rotatable bonds is 4. The van der Waals surface area contributed by atoms with Crippen LogP contribution in [0.4, 0.5) is 0 Å². The number of carbonyl (C=O) groups is 2. The summed E-state index contributed by atoms with van der Waals surface area (Å²) in [6, 6.07) is 0. The smallest absolute Gasteiger partial charge is 0.258 e. The summed E-state index contributed by atoms with van der Waals surface area (Å²) in [6.45, 7) is 5.48. The fourth-order valence-electron chi connectivity index (χ4n) is 1.25. The minimum Gasteiger partial charge on any atom is -0.313 e. The van der Waals surface area contributed by atoms with E-state index < -0.39 is 0 Å². The van der Waals surface area contributed by atoms with Crippen LogP contribution in [0.15, 0.2) is 11.6 Å². The Hall–Kier alpha value is -1.16. The van der Waals surface area contributed by atoms with Crippen LogP contribution in [0.25, 0.3) is 0 Å². The van der Waals surface area contributed by atoms with Gasteiger partial charge in [0.15, 0.2) is 0 Å². The third-order valence-corrected chi connectivity index (χ3v) is 1.97. The second kappa shape index (κ2) is 4.18. The monoisotopic (exact) mass is 182 g/mol. The van der Waals surface area contributed by atoms with Gasteiger partial charge in [-0.2, -0.15) is 0 Å². The lowest BCUT2D eigenvalue weighted by molar-refractivity contribution is -0.136. The molecule has 13 heavy (non-hydrogen) atoms. The Balaban J connectivity index is 2.63. The van der Waals surface area contributed by atoms with Crippen molar-refractivity contribution in [1.82, 2.24) is 10.2 Å². The van der Waals surface area contributed by atoms with Crippen LogP contribution in [-0.4, -0.2) is 36.3 Å². The largest absolute Gasteiger partial charge is 0.313 e. The second-order valence-corrected chi connectivity index (χ2v) is 2.84. The van der Waals surface area contributed by atoms with Gasteiger partial charge in [-0.1, -0.05) is 6.92 Å². The summed E-state index contributed by atoms with van der Waals surface area (Å²) in [6.07, 6.45) is 1.41. The molecule has 0 radical (unpaired) electrons. The van der Waals surface area contributed by atoms with Crippen molar-refractivity contribution in [2.45, 2.75) is 13.8 Å². The maximum absolute atomic E-state index is 11.4. The van der Waals surface area contributed by atoms with E-state index in [0.29, 0.717) is 18.7 Å². The van der Waals surface area contributed by atoms with Crippen molar-refractivity contribution in [2.75, 3.05) is 19.6 Å². The minimum atomic E-state index is -0.194. The summed E-state index contributed by atoms with van der Waals surface area (Å²) in [5.41, 5.74) is 0.564. The highest BCUT2D eigenvalue weighted by Crippen LogP contribution is 2.10. The van der Waals surface area contributed by atoms with Crippen LogP contribution < -0.4 is 5.32 Å². The average Bonchev–Trinajstić information content (AvgIpc) is 2.38. The predicted octanol–water partition coefficient (Wildman–Crippen LogP) is -0.0890. The van der Waals surface area contributed by atoms with Crippen molar-refractivity contribution in [3.63, 3.8) is 0 Å². The van der Waals surface area contributed by atoms with Crippen LogP contribution >= 0.6 is 0 Å². The molecule has 0 saturated carbocycles. The Bertz CT molecular complexity index is 258. The van der Waals surface area contributed by atoms with Crippen molar-refractivity contribution >= 4 is 11.8 Å². The number of hydrogen-bond donors (Lipinski definition) is 1. The van der Waals surface area contributed by atoms with E-state index in [1.54, 1.807) is 6.92 Å². The average molecular weight is 182 g/mol. The van der Waals surface area contributed by atoms with Crippen molar-refractivity contribution in [2.24, 2.45) is 0 Å². The third-order valence-electron chi connectivity index (χ3n) is 1.97. The number of likely N-dealkylation sites (N-methyl/N-ethyl adjacent to an activating group) is 2.